The van der Waals surface area contributed by atoms with Crippen molar-refractivity contribution in [3.63, 3.8) is 0 Å². The lowest BCUT2D eigenvalue weighted by Crippen LogP contribution is -1.96. The Morgan fingerprint density at radius 2 is 2.07 bits per heavy atom. The van der Waals surface area contributed by atoms with Gasteiger partial charge in [-0.15, -0.1) is 0 Å². The van der Waals surface area contributed by atoms with E-state index in [2.05, 4.69) is 4.99 Å². The van der Waals surface area contributed by atoms with Crippen molar-refractivity contribution in [2.24, 2.45) is 4.99 Å². The Bertz CT molecular complexity index is 395. The number of carbonyl (C=O) groups excluding carboxylic acids is 1. The molecule has 0 heterocycles. The van der Waals surface area contributed by atoms with E-state index in [-0.39, 0.29) is 6.54 Å². The van der Waals surface area contributed by atoms with Crippen molar-refractivity contribution in [2.45, 2.75) is 13.5 Å². The van der Waals surface area contributed by atoms with E-state index in [0.717, 1.165) is 22.6 Å². The van der Waals surface area contributed by atoms with E-state index in [1.807, 2.05) is 13.0 Å². The molecule has 4 nitrogen and oxygen atoms in total. The summed E-state index contributed by atoms with van der Waals surface area (Å²) in [6.07, 6.45) is 1.50. The standard InChI is InChI=1S/C11H13NO3/c1-8-4-10(14-2)5-9(6-12-7-13)11(8)15-3/h4-5H,6H2,1-3H3. The molecule has 1 aromatic carbocycles. The van der Waals surface area contributed by atoms with Gasteiger partial charge in [-0.05, 0) is 24.6 Å². The largest absolute Gasteiger partial charge is 0.497 e. The van der Waals surface area contributed by atoms with Crippen molar-refractivity contribution in [3.8, 4) is 11.5 Å². The van der Waals surface area contributed by atoms with Crippen LogP contribution in [0.4, 0.5) is 0 Å². The highest BCUT2D eigenvalue weighted by molar-refractivity contribution is 5.47. The van der Waals surface area contributed by atoms with Crippen LogP contribution in [0.3, 0.4) is 0 Å². The minimum atomic E-state index is 0.255. The van der Waals surface area contributed by atoms with Gasteiger partial charge in [0, 0.05) is 5.56 Å². The zero-order valence-electron chi connectivity index (χ0n) is 9.03. The second kappa shape index (κ2) is 5.17. The van der Waals surface area contributed by atoms with Gasteiger partial charge in [0.05, 0.1) is 20.8 Å². The Kier molecular flexibility index (Phi) is 3.89. The second-order valence-electron chi connectivity index (χ2n) is 3.04. The SMILES string of the molecule is COc1cc(C)c(OC)c(CN=C=O)c1. The van der Waals surface area contributed by atoms with Crippen LogP contribution < -0.4 is 9.47 Å². The van der Waals surface area contributed by atoms with Crippen LogP contribution in [0.25, 0.3) is 0 Å². The zero-order valence-corrected chi connectivity index (χ0v) is 9.03. The lowest BCUT2D eigenvalue weighted by atomic mass is 10.1. The number of isocyanates is 1. The predicted octanol–water partition coefficient (Wildman–Crippen LogP) is 1.85. The molecule has 0 aliphatic heterocycles. The Labute approximate surface area is 88.5 Å². The number of hydrogen-bond donors (Lipinski definition) is 0. The first-order chi connectivity index (χ1) is 7.22. The normalized spacial score (nSPS) is 9.27. The number of hydrogen-bond acceptors (Lipinski definition) is 4. The maximum absolute atomic E-state index is 10.1. The molecule has 0 bridgehead atoms. The first kappa shape index (κ1) is 11.3. The van der Waals surface area contributed by atoms with Gasteiger partial charge in [-0.1, -0.05) is 0 Å². The van der Waals surface area contributed by atoms with Crippen LogP contribution in [0.2, 0.25) is 0 Å². The van der Waals surface area contributed by atoms with Crippen molar-refractivity contribution >= 4 is 6.08 Å². The van der Waals surface area contributed by atoms with E-state index in [4.69, 9.17) is 9.47 Å². The Morgan fingerprint density at radius 1 is 1.33 bits per heavy atom. The monoisotopic (exact) mass is 207 g/mol. The molecule has 0 saturated carbocycles. The molecule has 0 aliphatic rings. The third-order valence-electron chi connectivity index (χ3n) is 2.08. The lowest BCUT2D eigenvalue weighted by Gasteiger charge is -2.11. The van der Waals surface area contributed by atoms with E-state index in [0.29, 0.717) is 0 Å². The minimum Gasteiger partial charge on any atom is -0.497 e. The van der Waals surface area contributed by atoms with Crippen LogP contribution in [0.15, 0.2) is 17.1 Å². The van der Waals surface area contributed by atoms with Gasteiger partial charge in [-0.2, -0.15) is 0 Å². The van der Waals surface area contributed by atoms with Gasteiger partial charge < -0.3 is 9.47 Å². The van der Waals surface area contributed by atoms with Gasteiger partial charge in [0.2, 0.25) is 6.08 Å². The van der Waals surface area contributed by atoms with Crippen molar-refractivity contribution in [1.29, 1.82) is 0 Å². The molecular formula is C11H13NO3. The Balaban J connectivity index is 3.18. The van der Waals surface area contributed by atoms with Crippen LogP contribution in [-0.4, -0.2) is 20.3 Å². The smallest absolute Gasteiger partial charge is 0.235 e. The molecule has 0 N–H and O–H groups in total. The molecule has 80 valence electrons. The van der Waals surface area contributed by atoms with Crippen LogP contribution in [0.5, 0.6) is 11.5 Å². The average Bonchev–Trinajstić information content (AvgIpc) is 2.25. The number of benzene rings is 1. The van der Waals surface area contributed by atoms with E-state index < -0.39 is 0 Å². The summed E-state index contributed by atoms with van der Waals surface area (Å²) in [4.78, 5) is 13.6. The predicted molar refractivity (Wildman–Crippen MR) is 56.1 cm³/mol. The topological polar surface area (TPSA) is 47.9 Å². The molecule has 4 heteroatoms. The van der Waals surface area contributed by atoms with E-state index in [1.54, 1.807) is 20.3 Å². The molecule has 1 aromatic rings. The Morgan fingerprint density at radius 3 is 2.60 bits per heavy atom. The molecule has 0 amide bonds. The van der Waals surface area contributed by atoms with Crippen LogP contribution in [0.1, 0.15) is 11.1 Å². The van der Waals surface area contributed by atoms with Gasteiger partial charge in [-0.3, -0.25) is 0 Å². The summed E-state index contributed by atoms with van der Waals surface area (Å²) in [6.45, 7) is 2.17. The number of aryl methyl sites for hydroxylation is 1. The highest BCUT2D eigenvalue weighted by Crippen LogP contribution is 2.29. The van der Waals surface area contributed by atoms with Gasteiger partial charge in [0.1, 0.15) is 11.5 Å². The maximum atomic E-state index is 10.1. The molecule has 15 heavy (non-hydrogen) atoms. The average molecular weight is 207 g/mol. The zero-order chi connectivity index (χ0) is 11.3. The molecular weight excluding hydrogens is 194 g/mol. The van der Waals surface area contributed by atoms with Crippen LogP contribution >= 0.6 is 0 Å². The van der Waals surface area contributed by atoms with Crippen molar-refractivity contribution < 1.29 is 14.3 Å². The first-order valence-corrected chi connectivity index (χ1v) is 4.48. The fraction of sp³-hybridized carbons (Fsp3) is 0.364. The first-order valence-electron chi connectivity index (χ1n) is 4.48. The molecule has 0 aromatic heterocycles. The molecule has 0 atom stereocenters. The summed E-state index contributed by atoms with van der Waals surface area (Å²) in [5, 5.41) is 0. The number of nitrogens with zero attached hydrogens (tertiary/aromatic N) is 1. The highest BCUT2D eigenvalue weighted by atomic mass is 16.5. The highest BCUT2D eigenvalue weighted by Gasteiger charge is 2.08. The van der Waals surface area contributed by atoms with Crippen LogP contribution in [0, 0.1) is 6.92 Å². The summed E-state index contributed by atoms with van der Waals surface area (Å²) >= 11 is 0. The second-order valence-corrected chi connectivity index (χ2v) is 3.04. The third-order valence-corrected chi connectivity index (χ3v) is 2.08. The molecule has 0 spiro atoms. The van der Waals surface area contributed by atoms with E-state index in [9.17, 15) is 4.79 Å². The molecule has 0 fully saturated rings. The number of rotatable bonds is 4. The van der Waals surface area contributed by atoms with Gasteiger partial charge in [0.15, 0.2) is 0 Å². The minimum absolute atomic E-state index is 0.255. The summed E-state index contributed by atoms with van der Waals surface area (Å²) in [6, 6.07) is 3.67. The number of ether oxygens (including phenoxy) is 2. The van der Waals surface area contributed by atoms with Gasteiger partial charge in [-0.25, -0.2) is 9.79 Å². The fourth-order valence-electron chi connectivity index (χ4n) is 1.46. The lowest BCUT2D eigenvalue weighted by molar-refractivity contribution is 0.396. The molecule has 0 aliphatic carbocycles. The number of aliphatic imine (C=N–C) groups is 1. The third kappa shape index (κ3) is 2.58. The van der Waals surface area contributed by atoms with Crippen LogP contribution in [-0.2, 0) is 11.3 Å². The number of methoxy groups -OCH3 is 2. The summed E-state index contributed by atoms with van der Waals surface area (Å²) in [5.74, 6) is 1.46. The van der Waals surface area contributed by atoms with Gasteiger partial charge >= 0.3 is 0 Å². The van der Waals surface area contributed by atoms with Gasteiger partial charge in [0.25, 0.3) is 0 Å². The molecule has 0 unspecified atom stereocenters. The molecule has 0 radical (unpaired) electrons. The molecule has 1 rings (SSSR count). The van der Waals surface area contributed by atoms with Crippen molar-refractivity contribution in [1.82, 2.24) is 0 Å². The van der Waals surface area contributed by atoms with E-state index in [1.165, 1.54) is 6.08 Å². The summed E-state index contributed by atoms with van der Waals surface area (Å²) < 4.78 is 10.3. The molecule has 0 saturated heterocycles. The van der Waals surface area contributed by atoms with Crippen molar-refractivity contribution in [2.75, 3.05) is 14.2 Å². The van der Waals surface area contributed by atoms with E-state index >= 15 is 0 Å². The maximum Gasteiger partial charge on any atom is 0.235 e. The quantitative estimate of drug-likeness (QED) is 0.559. The Hall–Kier alpha value is -1.80. The fourth-order valence-corrected chi connectivity index (χ4v) is 1.46. The summed E-state index contributed by atoms with van der Waals surface area (Å²) in [5.41, 5.74) is 1.77. The van der Waals surface area contributed by atoms with Crippen molar-refractivity contribution in [3.05, 3.63) is 23.3 Å². The summed E-state index contributed by atoms with van der Waals surface area (Å²) in [7, 11) is 3.18.